The number of aromatic nitrogens is 2. The fourth-order valence-corrected chi connectivity index (χ4v) is 2.02. The van der Waals surface area contributed by atoms with E-state index in [4.69, 9.17) is 0 Å². The summed E-state index contributed by atoms with van der Waals surface area (Å²) in [4.78, 5) is 11.1. The zero-order valence-electron chi connectivity index (χ0n) is 9.67. The van der Waals surface area contributed by atoms with Crippen LogP contribution in [0.2, 0.25) is 0 Å². The SMILES string of the molecule is Cc1nc2c(c(N(C)C)n1)CCNCC2. The number of aryl methyl sites for hydroxylation is 1. The van der Waals surface area contributed by atoms with Crippen LogP contribution in [-0.4, -0.2) is 37.2 Å². The third-order valence-corrected chi connectivity index (χ3v) is 2.70. The zero-order valence-corrected chi connectivity index (χ0v) is 9.67. The summed E-state index contributed by atoms with van der Waals surface area (Å²) in [6.07, 6.45) is 2.04. The predicted molar refractivity (Wildman–Crippen MR) is 61.4 cm³/mol. The lowest BCUT2D eigenvalue weighted by atomic mass is 10.1. The van der Waals surface area contributed by atoms with Crippen LogP contribution in [0.1, 0.15) is 17.1 Å². The summed E-state index contributed by atoms with van der Waals surface area (Å²) < 4.78 is 0. The third kappa shape index (κ3) is 2.09. The molecule has 0 bridgehead atoms. The molecule has 82 valence electrons. The summed E-state index contributed by atoms with van der Waals surface area (Å²) in [5, 5.41) is 3.39. The number of hydrogen-bond donors (Lipinski definition) is 1. The Kier molecular flexibility index (Phi) is 2.86. The Balaban J connectivity index is 2.50. The molecule has 15 heavy (non-hydrogen) atoms. The van der Waals surface area contributed by atoms with Gasteiger partial charge in [-0.25, -0.2) is 9.97 Å². The first-order valence-electron chi connectivity index (χ1n) is 5.43. The molecule has 2 rings (SSSR count). The van der Waals surface area contributed by atoms with Crippen LogP contribution in [0.25, 0.3) is 0 Å². The van der Waals surface area contributed by atoms with Gasteiger partial charge in [0, 0.05) is 32.6 Å². The lowest BCUT2D eigenvalue weighted by Crippen LogP contribution is -2.17. The van der Waals surface area contributed by atoms with Gasteiger partial charge < -0.3 is 10.2 Å². The molecule has 1 aliphatic heterocycles. The van der Waals surface area contributed by atoms with Crippen molar-refractivity contribution in [3.05, 3.63) is 17.1 Å². The number of hydrogen-bond acceptors (Lipinski definition) is 4. The van der Waals surface area contributed by atoms with Gasteiger partial charge in [0.15, 0.2) is 0 Å². The molecule has 0 saturated carbocycles. The van der Waals surface area contributed by atoms with Gasteiger partial charge in [-0.1, -0.05) is 0 Å². The van der Waals surface area contributed by atoms with E-state index in [0.717, 1.165) is 37.6 Å². The van der Waals surface area contributed by atoms with Gasteiger partial charge in [-0.3, -0.25) is 0 Å². The average Bonchev–Trinajstić information content (AvgIpc) is 2.41. The summed E-state index contributed by atoms with van der Waals surface area (Å²) in [6.45, 7) is 4.02. The number of fused-ring (bicyclic) bond motifs is 1. The van der Waals surface area contributed by atoms with Crippen LogP contribution in [-0.2, 0) is 12.8 Å². The van der Waals surface area contributed by atoms with Crippen LogP contribution >= 0.6 is 0 Å². The molecule has 1 aromatic heterocycles. The van der Waals surface area contributed by atoms with Gasteiger partial charge in [-0.15, -0.1) is 0 Å². The monoisotopic (exact) mass is 206 g/mol. The molecule has 0 aromatic carbocycles. The van der Waals surface area contributed by atoms with Crippen molar-refractivity contribution >= 4 is 5.82 Å². The Morgan fingerprint density at radius 2 is 1.87 bits per heavy atom. The van der Waals surface area contributed by atoms with E-state index >= 15 is 0 Å². The van der Waals surface area contributed by atoms with Crippen molar-refractivity contribution in [2.75, 3.05) is 32.1 Å². The highest BCUT2D eigenvalue weighted by atomic mass is 15.2. The van der Waals surface area contributed by atoms with Crippen molar-refractivity contribution in [2.24, 2.45) is 0 Å². The molecular formula is C11H18N4. The summed E-state index contributed by atoms with van der Waals surface area (Å²) in [7, 11) is 4.08. The molecule has 0 unspecified atom stereocenters. The van der Waals surface area contributed by atoms with Crippen molar-refractivity contribution in [3.8, 4) is 0 Å². The van der Waals surface area contributed by atoms with E-state index in [2.05, 4.69) is 20.2 Å². The lowest BCUT2D eigenvalue weighted by Gasteiger charge is -2.17. The van der Waals surface area contributed by atoms with E-state index in [1.54, 1.807) is 0 Å². The average molecular weight is 206 g/mol. The fraction of sp³-hybridized carbons (Fsp3) is 0.636. The van der Waals surface area contributed by atoms with Crippen LogP contribution in [0.4, 0.5) is 5.82 Å². The molecular weight excluding hydrogens is 188 g/mol. The van der Waals surface area contributed by atoms with Gasteiger partial charge in [0.05, 0.1) is 5.69 Å². The zero-order chi connectivity index (χ0) is 10.8. The Bertz CT molecular complexity index is 360. The molecule has 1 aliphatic rings. The van der Waals surface area contributed by atoms with E-state index in [1.165, 1.54) is 11.3 Å². The van der Waals surface area contributed by atoms with Crippen LogP contribution in [0, 0.1) is 6.92 Å². The van der Waals surface area contributed by atoms with Crippen molar-refractivity contribution in [3.63, 3.8) is 0 Å². The van der Waals surface area contributed by atoms with Gasteiger partial charge in [0.1, 0.15) is 11.6 Å². The van der Waals surface area contributed by atoms with Crippen molar-refractivity contribution in [1.82, 2.24) is 15.3 Å². The number of anilines is 1. The standard InChI is InChI=1S/C11H18N4/c1-8-13-10-5-7-12-6-4-9(10)11(14-8)15(2)3/h12H,4-7H2,1-3H3. The minimum Gasteiger partial charge on any atom is -0.362 e. The second-order valence-electron chi connectivity index (χ2n) is 4.16. The summed E-state index contributed by atoms with van der Waals surface area (Å²) in [5.74, 6) is 1.96. The quantitative estimate of drug-likeness (QED) is 0.728. The first-order chi connectivity index (χ1) is 7.18. The largest absolute Gasteiger partial charge is 0.362 e. The molecule has 0 atom stereocenters. The summed E-state index contributed by atoms with van der Waals surface area (Å²) in [5.41, 5.74) is 2.53. The molecule has 0 radical (unpaired) electrons. The van der Waals surface area contributed by atoms with Gasteiger partial charge in [-0.2, -0.15) is 0 Å². The number of rotatable bonds is 1. The van der Waals surface area contributed by atoms with Crippen LogP contribution in [0.5, 0.6) is 0 Å². The molecule has 0 aliphatic carbocycles. The second-order valence-corrected chi connectivity index (χ2v) is 4.16. The first-order valence-corrected chi connectivity index (χ1v) is 5.43. The molecule has 4 heteroatoms. The van der Waals surface area contributed by atoms with Gasteiger partial charge in [-0.05, 0) is 19.9 Å². The smallest absolute Gasteiger partial charge is 0.135 e. The lowest BCUT2D eigenvalue weighted by molar-refractivity contribution is 0.708. The summed E-state index contributed by atoms with van der Waals surface area (Å²) >= 11 is 0. The minimum absolute atomic E-state index is 0.874. The topological polar surface area (TPSA) is 41.1 Å². The maximum absolute atomic E-state index is 4.54. The second kappa shape index (κ2) is 4.14. The molecule has 2 heterocycles. The van der Waals surface area contributed by atoms with Gasteiger partial charge in [0.25, 0.3) is 0 Å². The fourth-order valence-electron chi connectivity index (χ4n) is 2.02. The predicted octanol–water partition coefficient (Wildman–Crippen LogP) is 0.539. The molecule has 1 aromatic rings. The minimum atomic E-state index is 0.874. The molecule has 4 nitrogen and oxygen atoms in total. The van der Waals surface area contributed by atoms with E-state index in [1.807, 2.05) is 21.0 Å². The van der Waals surface area contributed by atoms with Crippen LogP contribution < -0.4 is 10.2 Å². The van der Waals surface area contributed by atoms with E-state index < -0.39 is 0 Å². The third-order valence-electron chi connectivity index (χ3n) is 2.70. The highest BCUT2D eigenvalue weighted by molar-refractivity contribution is 5.48. The van der Waals surface area contributed by atoms with E-state index in [9.17, 15) is 0 Å². The van der Waals surface area contributed by atoms with Gasteiger partial charge >= 0.3 is 0 Å². The Hall–Kier alpha value is -1.16. The van der Waals surface area contributed by atoms with E-state index in [0.29, 0.717) is 0 Å². The number of nitrogens with zero attached hydrogens (tertiary/aromatic N) is 3. The maximum atomic E-state index is 4.54. The molecule has 0 spiro atoms. The normalized spacial score (nSPS) is 15.7. The highest BCUT2D eigenvalue weighted by Gasteiger charge is 2.16. The van der Waals surface area contributed by atoms with Crippen molar-refractivity contribution in [2.45, 2.75) is 19.8 Å². The summed E-state index contributed by atoms with van der Waals surface area (Å²) in [6, 6.07) is 0. The molecule has 1 N–H and O–H groups in total. The highest BCUT2D eigenvalue weighted by Crippen LogP contribution is 2.21. The number of nitrogens with one attached hydrogen (secondary N) is 1. The van der Waals surface area contributed by atoms with Crippen molar-refractivity contribution in [1.29, 1.82) is 0 Å². The van der Waals surface area contributed by atoms with Crippen molar-refractivity contribution < 1.29 is 0 Å². The Labute approximate surface area is 90.7 Å². The molecule has 0 fully saturated rings. The molecule has 0 saturated heterocycles. The molecule has 0 amide bonds. The Morgan fingerprint density at radius 1 is 1.13 bits per heavy atom. The maximum Gasteiger partial charge on any atom is 0.135 e. The van der Waals surface area contributed by atoms with E-state index in [-0.39, 0.29) is 0 Å². The van der Waals surface area contributed by atoms with Crippen LogP contribution in [0.15, 0.2) is 0 Å². The first kappa shape index (κ1) is 10.4. The Morgan fingerprint density at radius 3 is 2.60 bits per heavy atom. The van der Waals surface area contributed by atoms with Crippen LogP contribution in [0.3, 0.4) is 0 Å². The van der Waals surface area contributed by atoms with Gasteiger partial charge in [0.2, 0.25) is 0 Å².